The smallest absolute Gasteiger partial charge is 0.338 e. The Morgan fingerprint density at radius 2 is 1.97 bits per heavy atom. The second kappa shape index (κ2) is 8.61. The molecule has 0 fully saturated rings. The van der Waals surface area contributed by atoms with Crippen molar-refractivity contribution < 1.29 is 13.9 Å². The molecule has 0 N–H and O–H groups in total. The van der Waals surface area contributed by atoms with Crippen molar-refractivity contribution in [3.8, 4) is 0 Å². The molecule has 5 nitrogen and oxygen atoms in total. The first-order chi connectivity index (χ1) is 14.9. The number of allylic oxidation sites excluding steroid dienone is 1. The zero-order valence-electron chi connectivity index (χ0n) is 16.8. The van der Waals surface area contributed by atoms with E-state index in [9.17, 15) is 14.0 Å². The maximum Gasteiger partial charge on any atom is 0.338 e. The largest absolute Gasteiger partial charge is 0.463 e. The summed E-state index contributed by atoms with van der Waals surface area (Å²) in [7, 11) is 0. The zero-order valence-corrected chi connectivity index (χ0v) is 18.3. The summed E-state index contributed by atoms with van der Waals surface area (Å²) >= 11 is 7.12. The molecule has 0 spiro atoms. The van der Waals surface area contributed by atoms with Gasteiger partial charge in [-0.2, -0.15) is 0 Å². The normalized spacial score (nSPS) is 16.1. The molecule has 31 heavy (non-hydrogen) atoms. The van der Waals surface area contributed by atoms with E-state index < -0.39 is 17.8 Å². The second-order valence-corrected chi connectivity index (χ2v) is 8.32. The number of esters is 1. The third kappa shape index (κ3) is 3.98. The summed E-state index contributed by atoms with van der Waals surface area (Å²) in [6, 6.07) is 12.2. The minimum absolute atomic E-state index is 0.150. The van der Waals surface area contributed by atoms with Crippen LogP contribution in [0.5, 0.6) is 0 Å². The van der Waals surface area contributed by atoms with Crippen LogP contribution < -0.4 is 14.9 Å². The molecular weight excluding hydrogens is 439 g/mol. The number of hydrogen-bond acceptors (Lipinski definition) is 5. The lowest BCUT2D eigenvalue weighted by atomic mass is 9.95. The number of halogens is 2. The van der Waals surface area contributed by atoms with Crippen LogP contribution in [-0.2, 0) is 9.53 Å². The molecule has 0 amide bonds. The van der Waals surface area contributed by atoms with Crippen molar-refractivity contribution >= 4 is 35.0 Å². The average molecular weight is 457 g/mol. The topological polar surface area (TPSA) is 60.7 Å². The fourth-order valence-electron chi connectivity index (χ4n) is 3.49. The van der Waals surface area contributed by atoms with Gasteiger partial charge in [0.15, 0.2) is 4.80 Å². The van der Waals surface area contributed by atoms with Crippen molar-refractivity contribution in [3.63, 3.8) is 0 Å². The molecule has 1 unspecified atom stereocenters. The number of ether oxygens (including phenoxy) is 1. The minimum atomic E-state index is -0.969. The number of hydrogen-bond donors (Lipinski definition) is 0. The molecule has 8 heteroatoms. The molecule has 158 valence electrons. The number of aromatic nitrogens is 1. The van der Waals surface area contributed by atoms with Crippen LogP contribution in [0.25, 0.3) is 6.08 Å². The molecule has 2 aromatic carbocycles. The van der Waals surface area contributed by atoms with Crippen molar-refractivity contribution in [2.45, 2.75) is 19.9 Å². The van der Waals surface area contributed by atoms with E-state index in [1.807, 2.05) is 0 Å². The van der Waals surface area contributed by atoms with Gasteiger partial charge in [0.2, 0.25) is 0 Å². The fraction of sp³-hybridized carbons (Fsp3) is 0.174. The first kappa shape index (κ1) is 21.2. The maximum atomic E-state index is 14.8. The van der Waals surface area contributed by atoms with Crippen LogP contribution in [0, 0.1) is 5.82 Å². The van der Waals surface area contributed by atoms with Crippen LogP contribution in [0.1, 0.15) is 31.0 Å². The van der Waals surface area contributed by atoms with Gasteiger partial charge in [-0.3, -0.25) is 9.36 Å². The van der Waals surface area contributed by atoms with E-state index in [0.29, 0.717) is 20.1 Å². The fourth-order valence-corrected chi connectivity index (χ4v) is 4.67. The van der Waals surface area contributed by atoms with Crippen LogP contribution in [0.2, 0.25) is 5.02 Å². The van der Waals surface area contributed by atoms with E-state index in [0.717, 1.165) is 5.56 Å². The van der Waals surface area contributed by atoms with E-state index in [1.54, 1.807) is 62.4 Å². The van der Waals surface area contributed by atoms with Crippen LogP contribution in [0.3, 0.4) is 0 Å². The van der Waals surface area contributed by atoms with E-state index in [1.165, 1.54) is 22.0 Å². The summed E-state index contributed by atoms with van der Waals surface area (Å²) < 4.78 is 21.8. The predicted octanol–water partition coefficient (Wildman–Crippen LogP) is 3.59. The lowest BCUT2D eigenvalue weighted by molar-refractivity contribution is -0.139. The molecule has 0 aliphatic carbocycles. The molecule has 1 atom stereocenters. The van der Waals surface area contributed by atoms with E-state index in [4.69, 9.17) is 16.3 Å². The molecule has 1 aromatic heterocycles. The number of carbonyl (C=O) groups excluding carboxylic acids is 1. The Balaban J connectivity index is 1.97. The SMILES string of the molecule is CCOC(=O)C1=C(C)N=c2s/c(=C/c3ccc(Cl)cc3)c(=O)n2C1c1ccccc1F. The monoisotopic (exact) mass is 456 g/mol. The lowest BCUT2D eigenvalue weighted by Gasteiger charge is -2.24. The van der Waals surface area contributed by atoms with Crippen LogP contribution in [0.4, 0.5) is 4.39 Å². The van der Waals surface area contributed by atoms with Crippen molar-refractivity contribution in [2.75, 3.05) is 6.61 Å². The number of carbonyl (C=O) groups is 1. The third-order valence-electron chi connectivity index (χ3n) is 4.88. The van der Waals surface area contributed by atoms with Gasteiger partial charge in [-0.15, -0.1) is 0 Å². The van der Waals surface area contributed by atoms with Gasteiger partial charge in [0.1, 0.15) is 11.9 Å². The van der Waals surface area contributed by atoms with Gasteiger partial charge >= 0.3 is 5.97 Å². The van der Waals surface area contributed by atoms with Crippen LogP contribution >= 0.6 is 22.9 Å². The van der Waals surface area contributed by atoms with Crippen molar-refractivity contribution in [1.29, 1.82) is 0 Å². The maximum absolute atomic E-state index is 14.8. The minimum Gasteiger partial charge on any atom is -0.463 e. The predicted molar refractivity (Wildman–Crippen MR) is 118 cm³/mol. The number of nitrogens with zero attached hydrogens (tertiary/aromatic N) is 2. The molecule has 0 radical (unpaired) electrons. The molecular formula is C23H18ClFN2O3S. The Morgan fingerprint density at radius 3 is 2.65 bits per heavy atom. The van der Waals surface area contributed by atoms with Crippen molar-refractivity contribution in [2.24, 2.45) is 4.99 Å². The summed E-state index contributed by atoms with van der Waals surface area (Å²) in [4.78, 5) is 31.0. The highest BCUT2D eigenvalue weighted by Gasteiger charge is 2.34. The summed E-state index contributed by atoms with van der Waals surface area (Å²) in [5.74, 6) is -1.14. The summed E-state index contributed by atoms with van der Waals surface area (Å²) in [6.45, 7) is 3.50. The summed E-state index contributed by atoms with van der Waals surface area (Å²) in [5, 5.41) is 0.591. The Bertz CT molecular complexity index is 1370. The van der Waals surface area contributed by atoms with E-state index in [2.05, 4.69) is 4.99 Å². The van der Waals surface area contributed by atoms with E-state index >= 15 is 0 Å². The Morgan fingerprint density at radius 1 is 1.26 bits per heavy atom. The van der Waals surface area contributed by atoms with Crippen LogP contribution in [0.15, 0.2) is 69.6 Å². The average Bonchev–Trinajstić information content (AvgIpc) is 3.04. The first-order valence-corrected chi connectivity index (χ1v) is 10.8. The van der Waals surface area contributed by atoms with Crippen molar-refractivity contribution in [3.05, 3.63) is 101 Å². The quantitative estimate of drug-likeness (QED) is 0.564. The Labute approximate surface area is 186 Å². The number of fused-ring (bicyclic) bond motifs is 1. The first-order valence-electron chi connectivity index (χ1n) is 9.60. The molecule has 0 saturated heterocycles. The van der Waals surface area contributed by atoms with Gasteiger partial charge in [0.25, 0.3) is 5.56 Å². The van der Waals surface area contributed by atoms with Gasteiger partial charge < -0.3 is 4.74 Å². The van der Waals surface area contributed by atoms with Crippen molar-refractivity contribution in [1.82, 2.24) is 4.57 Å². The number of benzene rings is 2. The molecule has 4 rings (SSSR count). The Kier molecular flexibility index (Phi) is 5.89. The zero-order chi connectivity index (χ0) is 22.1. The number of rotatable bonds is 4. The lowest BCUT2D eigenvalue weighted by Crippen LogP contribution is -2.40. The molecule has 1 aliphatic heterocycles. The second-order valence-electron chi connectivity index (χ2n) is 6.88. The molecule has 0 saturated carbocycles. The third-order valence-corrected chi connectivity index (χ3v) is 6.12. The van der Waals surface area contributed by atoms with Gasteiger partial charge in [0, 0.05) is 10.6 Å². The molecule has 0 bridgehead atoms. The molecule has 2 heterocycles. The Hall–Kier alpha value is -3.03. The summed E-state index contributed by atoms with van der Waals surface area (Å²) in [6.07, 6.45) is 1.72. The van der Waals surface area contributed by atoms with Crippen LogP contribution in [-0.4, -0.2) is 17.1 Å². The highest BCUT2D eigenvalue weighted by atomic mass is 35.5. The van der Waals surface area contributed by atoms with E-state index in [-0.39, 0.29) is 23.3 Å². The standard InChI is InChI=1S/C23H18ClFN2O3S/c1-3-30-22(29)19-13(2)26-23-27(20(19)16-6-4-5-7-17(16)25)21(28)18(31-23)12-14-8-10-15(24)11-9-14/h4-12,20H,3H2,1-2H3/b18-12+. The summed E-state index contributed by atoms with van der Waals surface area (Å²) in [5.41, 5.74) is 1.18. The molecule has 3 aromatic rings. The van der Waals surface area contributed by atoms with Gasteiger partial charge in [-0.05, 0) is 43.7 Å². The van der Waals surface area contributed by atoms with Gasteiger partial charge in [0.05, 0.1) is 22.4 Å². The molecule has 1 aliphatic rings. The highest BCUT2D eigenvalue weighted by Crippen LogP contribution is 2.32. The van der Waals surface area contributed by atoms with Gasteiger partial charge in [-0.25, -0.2) is 14.2 Å². The number of thiazole rings is 1. The van der Waals surface area contributed by atoms with Gasteiger partial charge in [-0.1, -0.05) is 53.3 Å². The highest BCUT2D eigenvalue weighted by molar-refractivity contribution is 7.07.